The SMILES string of the molecule is O=C(c1ccco1)N1CCC(N2CCCCC(Nc3nccc(N4CCCCCC4)n3)C2)CC1. The van der Waals surface area contributed by atoms with E-state index in [4.69, 9.17) is 9.40 Å². The van der Waals surface area contributed by atoms with Crippen molar-refractivity contribution in [3.8, 4) is 0 Å². The van der Waals surface area contributed by atoms with Crippen LogP contribution in [0.15, 0.2) is 35.1 Å². The average molecular weight is 467 g/mol. The molecule has 1 unspecified atom stereocenters. The highest BCUT2D eigenvalue weighted by Gasteiger charge is 2.30. The molecule has 3 saturated heterocycles. The Hall–Kier alpha value is -2.61. The third-order valence-electron chi connectivity index (χ3n) is 7.61. The monoisotopic (exact) mass is 466 g/mol. The molecule has 1 atom stereocenters. The van der Waals surface area contributed by atoms with Crippen LogP contribution in [0.2, 0.25) is 0 Å². The summed E-state index contributed by atoms with van der Waals surface area (Å²) in [5.41, 5.74) is 0. The first kappa shape index (κ1) is 23.1. The summed E-state index contributed by atoms with van der Waals surface area (Å²) in [4.78, 5) is 29.0. The fourth-order valence-corrected chi connectivity index (χ4v) is 5.69. The normalized spacial score (nSPS) is 23.4. The summed E-state index contributed by atoms with van der Waals surface area (Å²) in [7, 11) is 0. The molecule has 0 saturated carbocycles. The van der Waals surface area contributed by atoms with Crippen LogP contribution in [0, 0.1) is 0 Å². The highest BCUT2D eigenvalue weighted by Crippen LogP contribution is 2.24. The van der Waals surface area contributed by atoms with Gasteiger partial charge in [-0.3, -0.25) is 9.69 Å². The summed E-state index contributed by atoms with van der Waals surface area (Å²) < 4.78 is 5.31. The van der Waals surface area contributed by atoms with Crippen LogP contribution in [0.3, 0.4) is 0 Å². The largest absolute Gasteiger partial charge is 0.459 e. The number of aromatic nitrogens is 2. The minimum Gasteiger partial charge on any atom is -0.459 e. The van der Waals surface area contributed by atoms with E-state index >= 15 is 0 Å². The molecular weight excluding hydrogens is 428 g/mol. The van der Waals surface area contributed by atoms with Crippen molar-refractivity contribution >= 4 is 17.7 Å². The van der Waals surface area contributed by atoms with Crippen molar-refractivity contribution in [3.63, 3.8) is 0 Å². The summed E-state index contributed by atoms with van der Waals surface area (Å²) in [6.07, 6.45) is 14.2. The molecule has 8 heteroatoms. The molecule has 184 valence electrons. The second kappa shape index (κ2) is 11.2. The van der Waals surface area contributed by atoms with Gasteiger partial charge in [-0.15, -0.1) is 0 Å². The maximum absolute atomic E-state index is 12.6. The van der Waals surface area contributed by atoms with Gasteiger partial charge in [0, 0.05) is 51.0 Å². The van der Waals surface area contributed by atoms with Gasteiger partial charge in [0.2, 0.25) is 5.95 Å². The summed E-state index contributed by atoms with van der Waals surface area (Å²) in [6.45, 7) is 5.90. The molecular formula is C26H38N6O2. The number of hydrogen-bond donors (Lipinski definition) is 1. The number of likely N-dealkylation sites (tertiary alicyclic amines) is 2. The van der Waals surface area contributed by atoms with Gasteiger partial charge in [0.1, 0.15) is 5.82 Å². The molecule has 8 nitrogen and oxygen atoms in total. The molecule has 1 N–H and O–H groups in total. The van der Waals surface area contributed by atoms with E-state index in [1.807, 2.05) is 17.2 Å². The van der Waals surface area contributed by atoms with E-state index in [9.17, 15) is 4.79 Å². The average Bonchev–Trinajstić information content (AvgIpc) is 3.13. The summed E-state index contributed by atoms with van der Waals surface area (Å²) >= 11 is 0. The van der Waals surface area contributed by atoms with Crippen LogP contribution < -0.4 is 10.2 Å². The predicted molar refractivity (Wildman–Crippen MR) is 133 cm³/mol. The Kier molecular flexibility index (Phi) is 7.63. The third-order valence-corrected chi connectivity index (χ3v) is 7.61. The van der Waals surface area contributed by atoms with Crippen molar-refractivity contribution in [2.75, 3.05) is 49.5 Å². The van der Waals surface area contributed by atoms with E-state index in [-0.39, 0.29) is 5.91 Å². The molecule has 3 fully saturated rings. The van der Waals surface area contributed by atoms with Crippen molar-refractivity contribution < 1.29 is 9.21 Å². The zero-order chi connectivity index (χ0) is 23.2. The van der Waals surface area contributed by atoms with E-state index in [0.717, 1.165) is 70.3 Å². The minimum atomic E-state index is 0.0142. The molecule has 3 aliphatic heterocycles. The van der Waals surface area contributed by atoms with Gasteiger partial charge in [0.15, 0.2) is 5.76 Å². The van der Waals surface area contributed by atoms with Crippen LogP contribution in [-0.4, -0.2) is 77.0 Å². The lowest BCUT2D eigenvalue weighted by atomic mass is 10.0. The minimum absolute atomic E-state index is 0.0142. The molecule has 3 aliphatic rings. The fraction of sp³-hybridized carbons (Fsp3) is 0.654. The van der Waals surface area contributed by atoms with Crippen LogP contribution in [0.1, 0.15) is 68.3 Å². The van der Waals surface area contributed by atoms with E-state index in [2.05, 4.69) is 20.1 Å². The summed E-state index contributed by atoms with van der Waals surface area (Å²) in [5.74, 6) is 2.27. The topological polar surface area (TPSA) is 77.7 Å². The fourth-order valence-electron chi connectivity index (χ4n) is 5.69. The van der Waals surface area contributed by atoms with E-state index in [1.165, 1.54) is 38.5 Å². The molecule has 2 aromatic rings. The molecule has 0 bridgehead atoms. The van der Waals surface area contributed by atoms with Crippen LogP contribution in [0.25, 0.3) is 0 Å². The number of carbonyl (C=O) groups excluding carboxylic acids is 1. The molecule has 2 aromatic heterocycles. The number of hydrogen-bond acceptors (Lipinski definition) is 7. The molecule has 5 rings (SSSR count). The molecule has 0 spiro atoms. The Balaban J connectivity index is 1.17. The first-order valence-corrected chi connectivity index (χ1v) is 13.2. The number of amides is 1. The number of rotatable bonds is 5. The van der Waals surface area contributed by atoms with Crippen LogP contribution in [-0.2, 0) is 0 Å². The van der Waals surface area contributed by atoms with E-state index in [0.29, 0.717) is 17.8 Å². The zero-order valence-electron chi connectivity index (χ0n) is 20.2. The Labute approximate surface area is 202 Å². The smallest absolute Gasteiger partial charge is 0.289 e. The number of nitrogens with zero attached hydrogens (tertiary/aromatic N) is 5. The number of nitrogens with one attached hydrogen (secondary N) is 1. The zero-order valence-corrected chi connectivity index (χ0v) is 20.2. The molecule has 0 radical (unpaired) electrons. The Morgan fingerprint density at radius 3 is 2.50 bits per heavy atom. The molecule has 0 aliphatic carbocycles. The van der Waals surface area contributed by atoms with Gasteiger partial charge in [-0.05, 0) is 63.3 Å². The first-order chi connectivity index (χ1) is 16.8. The highest BCUT2D eigenvalue weighted by molar-refractivity contribution is 5.91. The highest BCUT2D eigenvalue weighted by atomic mass is 16.3. The first-order valence-electron chi connectivity index (χ1n) is 13.2. The van der Waals surface area contributed by atoms with Gasteiger partial charge < -0.3 is 19.5 Å². The standard InChI is InChI=1S/C26H38N6O2/c33-25(23-9-7-19-34-23)31-17-11-22(12-18-31)32-16-6-3-8-21(20-32)28-26-27-13-10-24(29-26)30-14-4-1-2-5-15-30/h7,9-10,13,19,21-22H,1-6,8,11-12,14-18,20H2,(H,27,28,29). The maximum Gasteiger partial charge on any atom is 0.289 e. The van der Waals surface area contributed by atoms with Gasteiger partial charge in [-0.25, -0.2) is 4.98 Å². The lowest BCUT2D eigenvalue weighted by Gasteiger charge is -2.39. The van der Waals surface area contributed by atoms with Crippen molar-refractivity contribution in [2.45, 2.75) is 69.9 Å². The lowest BCUT2D eigenvalue weighted by Crippen LogP contribution is -2.49. The van der Waals surface area contributed by atoms with Gasteiger partial charge in [-0.2, -0.15) is 4.98 Å². The van der Waals surface area contributed by atoms with Gasteiger partial charge in [-0.1, -0.05) is 19.3 Å². The summed E-state index contributed by atoms with van der Waals surface area (Å²) in [6, 6.07) is 6.45. The second-order valence-corrected chi connectivity index (χ2v) is 9.97. The van der Waals surface area contributed by atoms with Crippen molar-refractivity contribution in [1.82, 2.24) is 19.8 Å². The molecule has 34 heavy (non-hydrogen) atoms. The van der Waals surface area contributed by atoms with Crippen LogP contribution in [0.5, 0.6) is 0 Å². The molecule has 5 heterocycles. The van der Waals surface area contributed by atoms with E-state index in [1.54, 1.807) is 18.4 Å². The predicted octanol–water partition coefficient (Wildman–Crippen LogP) is 4.02. The molecule has 1 amide bonds. The number of furan rings is 1. The number of carbonyl (C=O) groups is 1. The number of anilines is 2. The lowest BCUT2D eigenvalue weighted by molar-refractivity contribution is 0.0590. The van der Waals surface area contributed by atoms with Crippen molar-refractivity contribution in [2.24, 2.45) is 0 Å². The van der Waals surface area contributed by atoms with Crippen LogP contribution >= 0.6 is 0 Å². The summed E-state index contributed by atoms with van der Waals surface area (Å²) in [5, 5.41) is 3.66. The van der Waals surface area contributed by atoms with Gasteiger partial charge in [0.25, 0.3) is 5.91 Å². The van der Waals surface area contributed by atoms with Gasteiger partial charge >= 0.3 is 0 Å². The quantitative estimate of drug-likeness (QED) is 0.713. The number of piperidine rings is 1. The Morgan fingerprint density at radius 1 is 0.941 bits per heavy atom. The maximum atomic E-state index is 12.6. The Morgan fingerprint density at radius 2 is 1.74 bits per heavy atom. The molecule has 0 aromatic carbocycles. The van der Waals surface area contributed by atoms with Crippen molar-refractivity contribution in [3.05, 3.63) is 36.4 Å². The van der Waals surface area contributed by atoms with E-state index < -0.39 is 0 Å². The third kappa shape index (κ3) is 5.71. The van der Waals surface area contributed by atoms with Crippen LogP contribution in [0.4, 0.5) is 11.8 Å². The Bertz CT molecular complexity index is 904. The van der Waals surface area contributed by atoms with Gasteiger partial charge in [0.05, 0.1) is 6.26 Å². The van der Waals surface area contributed by atoms with Crippen molar-refractivity contribution in [1.29, 1.82) is 0 Å². The second-order valence-electron chi connectivity index (χ2n) is 9.97.